The van der Waals surface area contributed by atoms with Gasteiger partial charge in [0.1, 0.15) is 0 Å². The minimum absolute atomic E-state index is 0.0725. The summed E-state index contributed by atoms with van der Waals surface area (Å²) in [6.07, 6.45) is 5.40. The molecule has 1 aromatic carbocycles. The molecule has 0 bridgehead atoms. The Balaban J connectivity index is 2.10. The highest BCUT2D eigenvalue weighted by Crippen LogP contribution is 2.15. The van der Waals surface area contributed by atoms with Crippen LogP contribution in [0.25, 0.3) is 10.9 Å². The van der Waals surface area contributed by atoms with Gasteiger partial charge in [0.25, 0.3) is 0 Å². The van der Waals surface area contributed by atoms with E-state index in [1.807, 2.05) is 25.1 Å². The van der Waals surface area contributed by atoms with Gasteiger partial charge in [-0.25, -0.2) is 4.79 Å². The maximum atomic E-state index is 11.9. The second-order valence-corrected chi connectivity index (χ2v) is 4.88. The van der Waals surface area contributed by atoms with Gasteiger partial charge < -0.3 is 9.15 Å². The van der Waals surface area contributed by atoms with Gasteiger partial charge in [0.2, 0.25) is 0 Å². The van der Waals surface area contributed by atoms with Crippen LogP contribution in [0.3, 0.4) is 0 Å². The van der Waals surface area contributed by atoms with Gasteiger partial charge >= 0.3 is 11.7 Å². The van der Waals surface area contributed by atoms with E-state index in [0.717, 1.165) is 24.8 Å². The van der Waals surface area contributed by atoms with E-state index in [4.69, 9.17) is 9.15 Å². The van der Waals surface area contributed by atoms with E-state index >= 15 is 0 Å². The maximum Gasteiger partial charge on any atom is 0.397 e. The van der Waals surface area contributed by atoms with Gasteiger partial charge in [-0.3, -0.25) is 0 Å². The van der Waals surface area contributed by atoms with Crippen LogP contribution in [0, 0.1) is 0 Å². The van der Waals surface area contributed by atoms with Gasteiger partial charge in [-0.1, -0.05) is 39.2 Å². The molecule has 2 rings (SSSR count). The molecular weight excluding hydrogens is 254 g/mol. The van der Waals surface area contributed by atoms with Gasteiger partial charge in [-0.2, -0.15) is 4.98 Å². The second-order valence-electron chi connectivity index (χ2n) is 4.88. The average Bonchev–Trinajstić information content (AvgIpc) is 2.47. The van der Waals surface area contributed by atoms with Crippen LogP contribution >= 0.6 is 0 Å². The van der Waals surface area contributed by atoms with Gasteiger partial charge in [0.15, 0.2) is 0 Å². The monoisotopic (exact) mass is 275 g/mol. The van der Waals surface area contributed by atoms with Gasteiger partial charge in [0.05, 0.1) is 17.5 Å². The zero-order valence-corrected chi connectivity index (χ0v) is 12.1. The Morgan fingerprint density at radius 2 is 2.05 bits per heavy atom. The minimum Gasteiger partial charge on any atom is -0.450 e. The SMILES string of the molecule is CCCCCCOc1nc2ccc(CC)cc2c(=O)o1. The van der Waals surface area contributed by atoms with E-state index in [2.05, 4.69) is 11.9 Å². The topological polar surface area (TPSA) is 52.3 Å². The molecule has 4 nitrogen and oxygen atoms in total. The molecule has 20 heavy (non-hydrogen) atoms. The number of unbranched alkanes of at least 4 members (excludes halogenated alkanes) is 3. The lowest BCUT2D eigenvalue weighted by atomic mass is 10.1. The first kappa shape index (κ1) is 14.6. The lowest BCUT2D eigenvalue weighted by molar-refractivity contribution is 0.211. The Bertz CT molecular complexity index is 619. The molecule has 4 heteroatoms. The van der Waals surface area contributed by atoms with E-state index in [1.54, 1.807) is 0 Å². The summed E-state index contributed by atoms with van der Waals surface area (Å²) in [5, 5.41) is 0.516. The van der Waals surface area contributed by atoms with Crippen molar-refractivity contribution in [2.45, 2.75) is 46.0 Å². The normalized spacial score (nSPS) is 10.9. The van der Waals surface area contributed by atoms with Crippen LogP contribution < -0.4 is 10.4 Å². The summed E-state index contributed by atoms with van der Waals surface area (Å²) in [4.78, 5) is 16.2. The molecule has 0 saturated carbocycles. The fraction of sp³-hybridized carbons (Fsp3) is 0.500. The zero-order chi connectivity index (χ0) is 14.4. The van der Waals surface area contributed by atoms with Crippen LogP contribution in [-0.4, -0.2) is 11.6 Å². The number of hydrogen-bond donors (Lipinski definition) is 0. The molecule has 0 aliphatic carbocycles. The van der Waals surface area contributed by atoms with Crippen LogP contribution in [0.4, 0.5) is 0 Å². The lowest BCUT2D eigenvalue weighted by Gasteiger charge is -2.04. The van der Waals surface area contributed by atoms with Crippen molar-refractivity contribution in [3.05, 3.63) is 34.2 Å². The number of aryl methyl sites for hydroxylation is 1. The third-order valence-electron chi connectivity index (χ3n) is 3.30. The molecule has 0 saturated heterocycles. The number of ether oxygens (including phenoxy) is 1. The van der Waals surface area contributed by atoms with Crippen LogP contribution in [0.15, 0.2) is 27.4 Å². The summed E-state index contributed by atoms with van der Waals surface area (Å²) < 4.78 is 10.5. The first-order valence-electron chi connectivity index (χ1n) is 7.31. The summed E-state index contributed by atoms with van der Waals surface area (Å²) in [5.41, 5.74) is 1.34. The number of nitrogens with zero attached hydrogens (tertiary/aromatic N) is 1. The molecule has 0 amide bonds. The minimum atomic E-state index is -0.381. The molecule has 0 atom stereocenters. The quantitative estimate of drug-likeness (QED) is 0.723. The molecule has 0 unspecified atom stereocenters. The maximum absolute atomic E-state index is 11.9. The number of benzene rings is 1. The second kappa shape index (κ2) is 7.08. The molecule has 0 radical (unpaired) electrons. The van der Waals surface area contributed by atoms with E-state index in [1.165, 1.54) is 12.8 Å². The number of hydrogen-bond acceptors (Lipinski definition) is 4. The predicted molar refractivity (Wildman–Crippen MR) is 79.3 cm³/mol. The van der Waals surface area contributed by atoms with Crippen LogP contribution in [0.1, 0.15) is 45.1 Å². The average molecular weight is 275 g/mol. The van der Waals surface area contributed by atoms with Crippen molar-refractivity contribution < 1.29 is 9.15 Å². The van der Waals surface area contributed by atoms with E-state index in [0.29, 0.717) is 17.5 Å². The zero-order valence-electron chi connectivity index (χ0n) is 12.1. The number of rotatable bonds is 7. The predicted octanol–water partition coefficient (Wildman–Crippen LogP) is 3.71. The fourth-order valence-electron chi connectivity index (χ4n) is 2.07. The summed E-state index contributed by atoms with van der Waals surface area (Å²) in [7, 11) is 0. The van der Waals surface area contributed by atoms with E-state index < -0.39 is 0 Å². The Kier molecular flexibility index (Phi) is 5.16. The lowest BCUT2D eigenvalue weighted by Crippen LogP contribution is -2.06. The fourth-order valence-corrected chi connectivity index (χ4v) is 2.07. The number of aromatic nitrogens is 1. The van der Waals surface area contributed by atoms with Crippen LogP contribution in [0.5, 0.6) is 6.08 Å². The first-order valence-corrected chi connectivity index (χ1v) is 7.31. The molecule has 0 spiro atoms. The molecule has 108 valence electrons. The molecule has 0 fully saturated rings. The van der Waals surface area contributed by atoms with Crippen LogP contribution in [0.2, 0.25) is 0 Å². The molecule has 0 aliphatic rings. The number of fused-ring (bicyclic) bond motifs is 1. The highest BCUT2D eigenvalue weighted by atomic mass is 16.6. The highest BCUT2D eigenvalue weighted by Gasteiger charge is 2.07. The largest absolute Gasteiger partial charge is 0.450 e. The summed E-state index contributed by atoms with van der Waals surface area (Å²) in [5.74, 6) is 0. The van der Waals surface area contributed by atoms with E-state index in [9.17, 15) is 4.79 Å². The first-order chi connectivity index (χ1) is 9.74. The van der Waals surface area contributed by atoms with Crippen molar-refractivity contribution in [1.82, 2.24) is 4.98 Å². The van der Waals surface area contributed by atoms with Crippen molar-refractivity contribution in [2.75, 3.05) is 6.61 Å². The molecular formula is C16H21NO3. The Labute approximate surface area is 118 Å². The molecule has 0 N–H and O–H groups in total. The summed E-state index contributed by atoms with van der Waals surface area (Å²) >= 11 is 0. The third-order valence-corrected chi connectivity index (χ3v) is 3.30. The van der Waals surface area contributed by atoms with Gasteiger partial charge in [0, 0.05) is 0 Å². The third kappa shape index (κ3) is 3.59. The van der Waals surface area contributed by atoms with Crippen molar-refractivity contribution in [2.24, 2.45) is 0 Å². The van der Waals surface area contributed by atoms with Gasteiger partial charge in [-0.05, 0) is 30.5 Å². The van der Waals surface area contributed by atoms with Crippen molar-refractivity contribution in [3.63, 3.8) is 0 Å². The standard InChI is InChI=1S/C16H21NO3/c1-3-5-6-7-10-19-16-17-14-9-8-12(4-2)11-13(14)15(18)20-16/h8-9,11H,3-7,10H2,1-2H3. The Morgan fingerprint density at radius 1 is 1.20 bits per heavy atom. The summed E-state index contributed by atoms with van der Waals surface area (Å²) in [6.45, 7) is 4.74. The molecule has 1 heterocycles. The molecule has 0 aliphatic heterocycles. The van der Waals surface area contributed by atoms with Crippen molar-refractivity contribution in [1.29, 1.82) is 0 Å². The molecule has 2 aromatic rings. The van der Waals surface area contributed by atoms with Crippen molar-refractivity contribution in [3.8, 4) is 6.08 Å². The molecule has 1 aromatic heterocycles. The van der Waals surface area contributed by atoms with Crippen LogP contribution in [-0.2, 0) is 6.42 Å². The van der Waals surface area contributed by atoms with Crippen molar-refractivity contribution >= 4 is 10.9 Å². The van der Waals surface area contributed by atoms with Gasteiger partial charge in [-0.15, -0.1) is 0 Å². The summed E-state index contributed by atoms with van der Waals surface area (Å²) in [6, 6.07) is 5.65. The Hall–Kier alpha value is -1.84. The van der Waals surface area contributed by atoms with E-state index in [-0.39, 0.29) is 11.7 Å². The smallest absolute Gasteiger partial charge is 0.397 e. The highest BCUT2D eigenvalue weighted by molar-refractivity contribution is 5.77. The Morgan fingerprint density at radius 3 is 2.80 bits per heavy atom.